The maximum atomic E-state index is 9.28. The second-order valence-corrected chi connectivity index (χ2v) is 6.26. The predicted octanol–water partition coefficient (Wildman–Crippen LogP) is 2.58. The van der Waals surface area contributed by atoms with Crippen LogP contribution in [0.5, 0.6) is 0 Å². The number of hydrogen-bond donors (Lipinski definition) is 1. The average Bonchev–Trinajstić information content (AvgIpc) is 2.26. The molecule has 0 amide bonds. The van der Waals surface area contributed by atoms with E-state index < -0.39 is 0 Å². The summed E-state index contributed by atoms with van der Waals surface area (Å²) in [4.78, 5) is 0. The highest BCUT2D eigenvalue weighted by Gasteiger charge is 2.50. The summed E-state index contributed by atoms with van der Waals surface area (Å²) < 4.78 is 0. The topological polar surface area (TPSA) is 44.0 Å². The van der Waals surface area contributed by atoms with E-state index in [1.54, 1.807) is 0 Å². The Morgan fingerprint density at radius 1 is 1.06 bits per heavy atom. The zero-order chi connectivity index (χ0) is 11.1. The summed E-state index contributed by atoms with van der Waals surface area (Å²) in [5.74, 6) is 4.32. The third-order valence-corrected chi connectivity index (χ3v) is 5.37. The van der Waals surface area contributed by atoms with Crippen LogP contribution in [0.4, 0.5) is 0 Å². The molecule has 0 aromatic carbocycles. The van der Waals surface area contributed by atoms with Gasteiger partial charge >= 0.3 is 0 Å². The van der Waals surface area contributed by atoms with Crippen molar-refractivity contribution in [2.24, 2.45) is 35.5 Å². The van der Waals surface area contributed by atoms with Gasteiger partial charge in [-0.05, 0) is 68.1 Å². The van der Waals surface area contributed by atoms with Crippen LogP contribution in [0.3, 0.4) is 0 Å². The van der Waals surface area contributed by atoms with Gasteiger partial charge in [-0.15, -0.1) is 0 Å². The summed E-state index contributed by atoms with van der Waals surface area (Å²) in [5, 5.41) is 18.4. The van der Waals surface area contributed by atoms with Crippen molar-refractivity contribution < 1.29 is 5.11 Å². The number of rotatable bonds is 3. The van der Waals surface area contributed by atoms with Crippen molar-refractivity contribution in [3.05, 3.63) is 0 Å². The minimum atomic E-state index is 0.125. The molecule has 88 valence electrons. The Kier molecular flexibility index (Phi) is 2.67. The Balaban J connectivity index is 1.78. The third-order valence-electron chi connectivity index (χ3n) is 5.37. The molecule has 2 heteroatoms. The van der Waals surface area contributed by atoms with E-state index in [2.05, 4.69) is 6.07 Å². The fourth-order valence-electron chi connectivity index (χ4n) is 5.11. The molecule has 2 nitrogen and oxygen atoms in total. The monoisotopic (exact) mass is 219 g/mol. The molecule has 0 aliphatic heterocycles. The summed E-state index contributed by atoms with van der Waals surface area (Å²) in [6.45, 7) is 0.182. The SMILES string of the molecule is N#CC(CCO)C1C2CC3CC(C2)CC1C3. The van der Waals surface area contributed by atoms with E-state index in [9.17, 15) is 5.26 Å². The highest BCUT2D eigenvalue weighted by molar-refractivity contribution is 5.03. The molecule has 16 heavy (non-hydrogen) atoms. The molecular weight excluding hydrogens is 198 g/mol. The van der Waals surface area contributed by atoms with Gasteiger partial charge in [0, 0.05) is 6.61 Å². The van der Waals surface area contributed by atoms with E-state index >= 15 is 0 Å². The molecular formula is C14H21NO. The number of aliphatic hydroxyl groups excluding tert-OH is 1. The minimum absolute atomic E-state index is 0.125. The van der Waals surface area contributed by atoms with E-state index in [0.717, 1.165) is 23.7 Å². The Morgan fingerprint density at radius 3 is 2.06 bits per heavy atom. The van der Waals surface area contributed by atoms with Crippen LogP contribution in [0.15, 0.2) is 0 Å². The van der Waals surface area contributed by atoms with Gasteiger partial charge in [0.15, 0.2) is 0 Å². The molecule has 4 aliphatic rings. The van der Waals surface area contributed by atoms with Gasteiger partial charge in [-0.2, -0.15) is 5.26 Å². The van der Waals surface area contributed by atoms with Crippen LogP contribution in [-0.4, -0.2) is 11.7 Å². The third kappa shape index (κ3) is 1.57. The molecule has 1 N–H and O–H groups in total. The first kappa shape index (κ1) is 10.6. The molecule has 0 aromatic heterocycles. The summed E-state index contributed by atoms with van der Waals surface area (Å²) in [6.07, 6.45) is 7.67. The maximum Gasteiger partial charge on any atom is 0.0659 e. The van der Waals surface area contributed by atoms with E-state index in [-0.39, 0.29) is 12.5 Å². The summed E-state index contributed by atoms with van der Waals surface area (Å²) in [7, 11) is 0. The van der Waals surface area contributed by atoms with Crippen LogP contribution in [0.1, 0.15) is 38.5 Å². The lowest BCUT2D eigenvalue weighted by Crippen LogP contribution is -2.47. The van der Waals surface area contributed by atoms with Crippen molar-refractivity contribution in [2.75, 3.05) is 6.61 Å². The molecule has 0 aromatic rings. The Morgan fingerprint density at radius 2 is 1.62 bits per heavy atom. The molecule has 4 aliphatic carbocycles. The van der Waals surface area contributed by atoms with Crippen LogP contribution < -0.4 is 0 Å². The van der Waals surface area contributed by atoms with Gasteiger partial charge in [0.1, 0.15) is 0 Å². The zero-order valence-corrected chi connectivity index (χ0v) is 9.81. The molecule has 1 atom stereocenters. The van der Waals surface area contributed by atoms with Gasteiger partial charge in [-0.1, -0.05) is 0 Å². The van der Waals surface area contributed by atoms with Gasteiger partial charge in [0.05, 0.1) is 12.0 Å². The van der Waals surface area contributed by atoms with E-state index in [1.807, 2.05) is 0 Å². The highest BCUT2D eigenvalue weighted by Crippen LogP contribution is 2.58. The molecule has 0 heterocycles. The van der Waals surface area contributed by atoms with Crippen LogP contribution >= 0.6 is 0 Å². The zero-order valence-electron chi connectivity index (χ0n) is 9.81. The van der Waals surface area contributed by atoms with Crippen molar-refractivity contribution in [1.29, 1.82) is 5.26 Å². The first-order valence-corrected chi connectivity index (χ1v) is 6.82. The average molecular weight is 219 g/mol. The molecule has 4 fully saturated rings. The Bertz CT molecular complexity index is 278. The van der Waals surface area contributed by atoms with Crippen molar-refractivity contribution in [3.63, 3.8) is 0 Å². The molecule has 4 rings (SSSR count). The fraction of sp³-hybridized carbons (Fsp3) is 0.929. The lowest BCUT2D eigenvalue weighted by molar-refractivity contribution is -0.0550. The van der Waals surface area contributed by atoms with Crippen LogP contribution in [-0.2, 0) is 0 Å². The minimum Gasteiger partial charge on any atom is -0.396 e. The van der Waals surface area contributed by atoms with Crippen LogP contribution in [0, 0.1) is 46.8 Å². The lowest BCUT2D eigenvalue weighted by Gasteiger charge is -2.55. The maximum absolute atomic E-state index is 9.28. The molecule has 1 unspecified atom stereocenters. The molecule has 0 spiro atoms. The van der Waals surface area contributed by atoms with Crippen molar-refractivity contribution in [2.45, 2.75) is 38.5 Å². The second kappa shape index (κ2) is 4.04. The van der Waals surface area contributed by atoms with Crippen LogP contribution in [0.2, 0.25) is 0 Å². The Labute approximate surface area is 97.7 Å². The van der Waals surface area contributed by atoms with Crippen molar-refractivity contribution in [1.82, 2.24) is 0 Å². The number of aliphatic hydroxyl groups is 1. The number of nitrogens with zero attached hydrogens (tertiary/aromatic N) is 1. The van der Waals surface area contributed by atoms with Gasteiger partial charge in [0.2, 0.25) is 0 Å². The smallest absolute Gasteiger partial charge is 0.0659 e. The molecule has 4 saturated carbocycles. The van der Waals surface area contributed by atoms with Gasteiger partial charge < -0.3 is 5.11 Å². The van der Waals surface area contributed by atoms with Gasteiger partial charge in [-0.3, -0.25) is 0 Å². The normalized spacial score (nSPS) is 46.6. The highest BCUT2D eigenvalue weighted by atomic mass is 16.3. The first-order chi connectivity index (χ1) is 7.81. The van der Waals surface area contributed by atoms with Crippen molar-refractivity contribution in [3.8, 4) is 6.07 Å². The summed E-state index contributed by atoms with van der Waals surface area (Å²) in [6, 6.07) is 2.47. The molecule has 0 radical (unpaired) electrons. The first-order valence-electron chi connectivity index (χ1n) is 6.82. The van der Waals surface area contributed by atoms with Crippen molar-refractivity contribution >= 4 is 0 Å². The summed E-state index contributed by atoms with van der Waals surface area (Å²) in [5.41, 5.74) is 0. The van der Waals surface area contributed by atoms with E-state index in [1.165, 1.54) is 32.1 Å². The fourth-order valence-corrected chi connectivity index (χ4v) is 5.11. The quantitative estimate of drug-likeness (QED) is 0.793. The van der Waals surface area contributed by atoms with Gasteiger partial charge in [0.25, 0.3) is 0 Å². The molecule has 4 bridgehead atoms. The number of nitriles is 1. The van der Waals surface area contributed by atoms with E-state index in [4.69, 9.17) is 5.11 Å². The molecule has 0 saturated heterocycles. The second-order valence-electron chi connectivity index (χ2n) is 6.26. The predicted molar refractivity (Wildman–Crippen MR) is 61.3 cm³/mol. The van der Waals surface area contributed by atoms with Gasteiger partial charge in [-0.25, -0.2) is 0 Å². The van der Waals surface area contributed by atoms with Crippen LogP contribution in [0.25, 0.3) is 0 Å². The lowest BCUT2D eigenvalue weighted by atomic mass is 9.49. The number of hydrogen-bond acceptors (Lipinski definition) is 2. The standard InChI is InChI=1S/C14H21NO/c15-8-11(1-2-16)14-12-4-9-3-10(6-12)7-13(14)5-9/h9-14,16H,1-7H2. The Hall–Kier alpha value is -0.550. The largest absolute Gasteiger partial charge is 0.396 e. The summed E-state index contributed by atoms with van der Waals surface area (Å²) >= 11 is 0. The van der Waals surface area contributed by atoms with E-state index in [0.29, 0.717) is 12.3 Å².